The van der Waals surface area contributed by atoms with Gasteiger partial charge in [-0.3, -0.25) is 9.52 Å². The monoisotopic (exact) mass is 541 g/mol. The second kappa shape index (κ2) is 9.15. The molecule has 198 valence electrons. The summed E-state index contributed by atoms with van der Waals surface area (Å²) in [5.41, 5.74) is -0.389. The molecule has 0 bridgehead atoms. The van der Waals surface area contributed by atoms with Crippen LogP contribution in [0.25, 0.3) is 0 Å². The molecule has 1 spiro atoms. The van der Waals surface area contributed by atoms with E-state index in [1.165, 1.54) is 33.6 Å². The van der Waals surface area contributed by atoms with Gasteiger partial charge in [-0.15, -0.1) is 13.2 Å². The van der Waals surface area contributed by atoms with Crippen molar-refractivity contribution in [3.63, 3.8) is 0 Å². The molecule has 3 amide bonds. The van der Waals surface area contributed by atoms with Crippen LogP contribution in [0.3, 0.4) is 0 Å². The molecule has 1 aromatic heterocycles. The average molecular weight is 542 g/mol. The van der Waals surface area contributed by atoms with E-state index in [1.54, 1.807) is 6.07 Å². The van der Waals surface area contributed by atoms with Crippen LogP contribution >= 0.6 is 0 Å². The fourth-order valence-electron chi connectivity index (χ4n) is 4.35. The van der Waals surface area contributed by atoms with Crippen LogP contribution in [-0.2, 0) is 26.3 Å². The molecule has 3 aliphatic rings. The summed E-state index contributed by atoms with van der Waals surface area (Å²) in [6.45, 7) is 1.000. The Bertz CT molecular complexity index is 1310. The summed E-state index contributed by atoms with van der Waals surface area (Å²) in [4.78, 5) is 32.8. The molecule has 1 aliphatic carbocycles. The number of urea groups is 1. The number of carbonyl (C=O) groups is 2. The number of nitrogens with zero attached hydrogens (tertiary/aromatic N) is 4. The Morgan fingerprint density at radius 3 is 2.38 bits per heavy atom. The van der Waals surface area contributed by atoms with Crippen molar-refractivity contribution in [3.8, 4) is 5.75 Å². The van der Waals surface area contributed by atoms with Gasteiger partial charge in [-0.2, -0.15) is 12.7 Å². The molecule has 1 saturated carbocycles. The number of rotatable bonds is 7. The molecule has 3 fully saturated rings. The lowest BCUT2D eigenvalue weighted by Crippen LogP contribution is -2.43. The Labute approximate surface area is 209 Å². The Kier molecular flexibility index (Phi) is 6.24. The summed E-state index contributed by atoms with van der Waals surface area (Å²) < 4.78 is 75.4. The SMILES string of the molecule is O=C1N(c2ccc(OC(F)(F)F)cc2)C(=O)C2(CC2)N1Cc1ccnc(NS(=O)(=O)N2CCOCC2)c1. The van der Waals surface area contributed by atoms with Gasteiger partial charge in [0.1, 0.15) is 17.1 Å². The van der Waals surface area contributed by atoms with E-state index in [1.807, 2.05) is 0 Å². The minimum Gasteiger partial charge on any atom is -0.406 e. The van der Waals surface area contributed by atoms with Gasteiger partial charge in [0.05, 0.1) is 18.9 Å². The number of anilines is 2. The highest BCUT2D eigenvalue weighted by molar-refractivity contribution is 7.90. The van der Waals surface area contributed by atoms with E-state index in [4.69, 9.17) is 4.74 Å². The number of ether oxygens (including phenoxy) is 2. The van der Waals surface area contributed by atoms with E-state index < -0.39 is 39.8 Å². The number of imide groups is 1. The molecule has 37 heavy (non-hydrogen) atoms. The largest absolute Gasteiger partial charge is 0.573 e. The molecule has 0 radical (unpaired) electrons. The second-order valence-corrected chi connectivity index (χ2v) is 10.4. The van der Waals surface area contributed by atoms with Crippen molar-refractivity contribution in [1.82, 2.24) is 14.2 Å². The van der Waals surface area contributed by atoms with Crippen molar-refractivity contribution in [3.05, 3.63) is 48.2 Å². The molecule has 1 aromatic carbocycles. The highest BCUT2D eigenvalue weighted by Crippen LogP contribution is 2.49. The predicted molar refractivity (Wildman–Crippen MR) is 123 cm³/mol. The zero-order valence-corrected chi connectivity index (χ0v) is 20.1. The van der Waals surface area contributed by atoms with Crippen molar-refractivity contribution < 1.29 is 40.7 Å². The number of hydrogen-bond donors (Lipinski definition) is 1. The topological polar surface area (TPSA) is 121 Å². The number of pyridine rings is 1. The van der Waals surface area contributed by atoms with Crippen LogP contribution in [-0.4, -0.2) is 72.7 Å². The van der Waals surface area contributed by atoms with Crippen LogP contribution in [0.5, 0.6) is 5.75 Å². The molecule has 11 nitrogen and oxygen atoms in total. The van der Waals surface area contributed by atoms with Crippen LogP contribution in [0.4, 0.5) is 29.5 Å². The number of hydrogen-bond acceptors (Lipinski definition) is 7. The minimum atomic E-state index is -4.87. The van der Waals surface area contributed by atoms with Gasteiger partial charge in [0, 0.05) is 25.8 Å². The van der Waals surface area contributed by atoms with E-state index in [0.717, 1.165) is 17.0 Å². The summed E-state index contributed by atoms with van der Waals surface area (Å²) in [5, 5.41) is 0. The Balaban J connectivity index is 1.33. The van der Waals surface area contributed by atoms with Crippen LogP contribution < -0.4 is 14.4 Å². The predicted octanol–water partition coefficient (Wildman–Crippen LogP) is 2.47. The molecular formula is C22H22F3N5O6S. The third-order valence-electron chi connectivity index (χ3n) is 6.30. The van der Waals surface area contributed by atoms with Gasteiger partial charge in [-0.05, 0) is 54.8 Å². The quantitative estimate of drug-likeness (QED) is 0.535. The van der Waals surface area contributed by atoms with Crippen molar-refractivity contribution >= 4 is 33.7 Å². The summed E-state index contributed by atoms with van der Waals surface area (Å²) in [6.07, 6.45) is -2.60. The van der Waals surface area contributed by atoms with Gasteiger partial charge in [0.25, 0.3) is 5.91 Å². The molecule has 15 heteroatoms. The minimum absolute atomic E-state index is 0.00510. The highest BCUT2D eigenvalue weighted by Gasteiger charge is 2.65. The summed E-state index contributed by atoms with van der Waals surface area (Å²) in [7, 11) is -3.85. The maximum Gasteiger partial charge on any atom is 0.573 e. The number of benzene rings is 1. The fraction of sp³-hybridized carbons (Fsp3) is 0.409. The van der Waals surface area contributed by atoms with Crippen molar-refractivity contribution in [2.75, 3.05) is 35.9 Å². The zero-order valence-electron chi connectivity index (χ0n) is 19.3. The highest BCUT2D eigenvalue weighted by atomic mass is 32.2. The van der Waals surface area contributed by atoms with Gasteiger partial charge in [0.15, 0.2) is 0 Å². The molecule has 2 saturated heterocycles. The normalized spacial score (nSPS) is 20.0. The standard InChI is InChI=1S/C22H22F3N5O6S/c23-22(24,25)36-17-3-1-16(2-4-17)30-19(31)21(6-7-21)29(20(30)32)14-15-5-8-26-18(13-15)27-37(33,34)28-9-11-35-12-10-28/h1-5,8,13H,6-7,9-12,14H2,(H,26,27). The Morgan fingerprint density at radius 2 is 1.76 bits per heavy atom. The molecule has 2 aliphatic heterocycles. The van der Waals surface area contributed by atoms with Crippen molar-refractivity contribution in [2.45, 2.75) is 31.3 Å². The number of nitrogens with one attached hydrogen (secondary N) is 1. The van der Waals surface area contributed by atoms with Crippen LogP contribution in [0.1, 0.15) is 18.4 Å². The molecular weight excluding hydrogens is 519 g/mol. The third kappa shape index (κ3) is 5.06. The van der Waals surface area contributed by atoms with Gasteiger partial charge in [-0.1, -0.05) is 0 Å². The number of aromatic nitrogens is 1. The maximum atomic E-state index is 13.3. The van der Waals surface area contributed by atoms with Crippen LogP contribution in [0, 0.1) is 0 Å². The van der Waals surface area contributed by atoms with Crippen molar-refractivity contribution in [2.24, 2.45) is 0 Å². The van der Waals surface area contributed by atoms with E-state index in [-0.39, 0.29) is 44.4 Å². The molecule has 0 unspecified atom stereocenters. The van der Waals surface area contributed by atoms with Crippen LogP contribution in [0.15, 0.2) is 42.6 Å². The first-order valence-electron chi connectivity index (χ1n) is 11.3. The summed E-state index contributed by atoms with van der Waals surface area (Å²) >= 11 is 0. The van der Waals surface area contributed by atoms with E-state index in [0.29, 0.717) is 18.4 Å². The second-order valence-electron chi connectivity index (χ2n) is 8.75. The lowest BCUT2D eigenvalue weighted by Gasteiger charge is -2.26. The van der Waals surface area contributed by atoms with E-state index in [2.05, 4.69) is 14.4 Å². The Hall–Kier alpha value is -3.43. The Morgan fingerprint density at radius 1 is 1.08 bits per heavy atom. The molecule has 0 atom stereocenters. The molecule has 5 rings (SSSR count). The molecule has 2 aromatic rings. The molecule has 3 heterocycles. The van der Waals surface area contributed by atoms with Crippen molar-refractivity contribution in [1.29, 1.82) is 0 Å². The fourth-order valence-corrected chi connectivity index (χ4v) is 5.49. The first kappa shape index (κ1) is 25.2. The molecule has 1 N–H and O–H groups in total. The first-order valence-corrected chi connectivity index (χ1v) is 12.8. The average Bonchev–Trinajstić information content (AvgIpc) is 3.62. The number of halogens is 3. The number of amides is 3. The third-order valence-corrected chi connectivity index (χ3v) is 7.81. The van der Waals surface area contributed by atoms with E-state index >= 15 is 0 Å². The van der Waals surface area contributed by atoms with E-state index in [9.17, 15) is 31.2 Å². The summed E-state index contributed by atoms with van der Waals surface area (Å²) in [5.74, 6) is -0.884. The van der Waals surface area contributed by atoms with Gasteiger partial charge >= 0.3 is 22.6 Å². The smallest absolute Gasteiger partial charge is 0.406 e. The number of carbonyl (C=O) groups excluding carboxylic acids is 2. The lowest BCUT2D eigenvalue weighted by atomic mass is 10.2. The van der Waals surface area contributed by atoms with Crippen LogP contribution in [0.2, 0.25) is 0 Å². The lowest BCUT2D eigenvalue weighted by molar-refractivity contribution is -0.274. The zero-order chi connectivity index (χ0) is 26.4. The van der Waals surface area contributed by atoms with Gasteiger partial charge < -0.3 is 14.4 Å². The number of alkyl halides is 3. The first-order chi connectivity index (χ1) is 17.5. The number of morpholine rings is 1. The van der Waals surface area contributed by atoms with Gasteiger partial charge in [0.2, 0.25) is 0 Å². The maximum absolute atomic E-state index is 13.3. The summed E-state index contributed by atoms with van der Waals surface area (Å²) in [6, 6.07) is 6.94. The van der Waals surface area contributed by atoms with Gasteiger partial charge in [-0.25, -0.2) is 14.7 Å².